The van der Waals surface area contributed by atoms with Crippen molar-refractivity contribution in [3.05, 3.63) is 24.3 Å². The molecule has 1 aromatic rings. The summed E-state index contributed by atoms with van der Waals surface area (Å²) in [6, 6.07) is 9.08. The Kier molecular flexibility index (Phi) is 5.35. The first-order valence-corrected chi connectivity index (χ1v) is 8.45. The quantitative estimate of drug-likeness (QED) is 0.886. The van der Waals surface area contributed by atoms with E-state index in [1.807, 2.05) is 11.8 Å². The van der Waals surface area contributed by atoms with Gasteiger partial charge in [0.05, 0.1) is 6.04 Å². The molecule has 0 aromatic heterocycles. The van der Waals surface area contributed by atoms with Crippen molar-refractivity contribution < 1.29 is 0 Å². The maximum absolute atomic E-state index is 4.73. The molecule has 1 N–H and O–H groups in total. The first-order valence-electron chi connectivity index (χ1n) is 7.46. The molecule has 1 aliphatic rings. The lowest BCUT2D eigenvalue weighted by Gasteiger charge is -2.21. The highest BCUT2D eigenvalue weighted by molar-refractivity contribution is 8.14. The third kappa shape index (κ3) is 3.69. The lowest BCUT2D eigenvalue weighted by atomic mass is 10.1. The molecule has 2 rings (SSSR count). The lowest BCUT2D eigenvalue weighted by molar-refractivity contribution is 0.543. The van der Waals surface area contributed by atoms with Crippen LogP contribution in [-0.4, -0.2) is 30.1 Å². The third-order valence-corrected chi connectivity index (χ3v) is 4.68. The molecule has 1 heterocycles. The van der Waals surface area contributed by atoms with Crippen molar-refractivity contribution in [2.24, 2.45) is 10.9 Å². The molecule has 0 spiro atoms. The fourth-order valence-electron chi connectivity index (χ4n) is 2.27. The van der Waals surface area contributed by atoms with Gasteiger partial charge in [0.2, 0.25) is 0 Å². The number of amidine groups is 1. The van der Waals surface area contributed by atoms with Crippen molar-refractivity contribution in [2.45, 2.75) is 33.7 Å². The topological polar surface area (TPSA) is 27.6 Å². The molecular weight excluding hydrogens is 266 g/mol. The van der Waals surface area contributed by atoms with Gasteiger partial charge in [-0.2, -0.15) is 0 Å². The van der Waals surface area contributed by atoms with E-state index in [9.17, 15) is 0 Å². The maximum atomic E-state index is 4.73. The summed E-state index contributed by atoms with van der Waals surface area (Å²) >= 11 is 1.82. The van der Waals surface area contributed by atoms with Gasteiger partial charge in [-0.25, -0.2) is 0 Å². The van der Waals surface area contributed by atoms with E-state index in [2.05, 4.69) is 62.2 Å². The minimum atomic E-state index is 0.456. The van der Waals surface area contributed by atoms with Gasteiger partial charge in [0.25, 0.3) is 0 Å². The van der Waals surface area contributed by atoms with Crippen LogP contribution in [0.1, 0.15) is 27.7 Å². The first kappa shape index (κ1) is 15.2. The summed E-state index contributed by atoms with van der Waals surface area (Å²) in [5.41, 5.74) is 2.40. The third-order valence-electron chi connectivity index (χ3n) is 3.69. The monoisotopic (exact) mass is 291 g/mol. The van der Waals surface area contributed by atoms with Crippen LogP contribution in [0.4, 0.5) is 11.4 Å². The van der Waals surface area contributed by atoms with Crippen LogP contribution in [0.2, 0.25) is 0 Å². The Morgan fingerprint density at radius 1 is 1.25 bits per heavy atom. The zero-order valence-corrected chi connectivity index (χ0v) is 13.7. The summed E-state index contributed by atoms with van der Waals surface area (Å²) in [6.45, 7) is 10.9. The number of nitrogens with one attached hydrogen (secondary N) is 1. The zero-order valence-electron chi connectivity index (χ0n) is 12.9. The second-order valence-electron chi connectivity index (χ2n) is 5.40. The highest BCUT2D eigenvalue weighted by Crippen LogP contribution is 2.25. The number of rotatable bonds is 5. The molecule has 1 aromatic carbocycles. The summed E-state index contributed by atoms with van der Waals surface area (Å²) in [5.74, 6) is 1.71. The zero-order chi connectivity index (χ0) is 14.5. The molecular formula is C16H25N3S. The number of hydrogen-bond acceptors (Lipinski definition) is 4. The van der Waals surface area contributed by atoms with Crippen LogP contribution in [0, 0.1) is 5.92 Å². The number of benzene rings is 1. The predicted molar refractivity (Wildman–Crippen MR) is 92.1 cm³/mol. The van der Waals surface area contributed by atoms with E-state index in [4.69, 9.17) is 4.99 Å². The summed E-state index contributed by atoms with van der Waals surface area (Å²) in [4.78, 5) is 7.08. The van der Waals surface area contributed by atoms with Crippen molar-refractivity contribution in [3.63, 3.8) is 0 Å². The Bertz CT molecular complexity index is 449. The molecule has 0 radical (unpaired) electrons. The molecule has 0 aliphatic carbocycles. The molecule has 4 heteroatoms. The van der Waals surface area contributed by atoms with Gasteiger partial charge in [0.15, 0.2) is 5.17 Å². The van der Waals surface area contributed by atoms with Crippen LogP contribution in [-0.2, 0) is 0 Å². The van der Waals surface area contributed by atoms with Gasteiger partial charge < -0.3 is 10.2 Å². The van der Waals surface area contributed by atoms with Crippen LogP contribution < -0.4 is 10.2 Å². The van der Waals surface area contributed by atoms with Gasteiger partial charge in [-0.3, -0.25) is 4.99 Å². The average molecular weight is 291 g/mol. The highest BCUT2D eigenvalue weighted by Gasteiger charge is 2.20. The Hall–Kier alpha value is -1.16. The van der Waals surface area contributed by atoms with E-state index in [1.54, 1.807) is 0 Å². The molecule has 1 aliphatic heterocycles. The van der Waals surface area contributed by atoms with E-state index < -0.39 is 0 Å². The molecule has 110 valence electrons. The van der Waals surface area contributed by atoms with Gasteiger partial charge >= 0.3 is 0 Å². The molecule has 3 nitrogen and oxygen atoms in total. The fourth-order valence-corrected chi connectivity index (χ4v) is 3.46. The van der Waals surface area contributed by atoms with Crippen molar-refractivity contribution >= 4 is 28.3 Å². The predicted octanol–water partition coefficient (Wildman–Crippen LogP) is 4.07. The number of hydrogen-bond donors (Lipinski definition) is 1. The van der Waals surface area contributed by atoms with E-state index >= 15 is 0 Å². The van der Waals surface area contributed by atoms with Crippen molar-refractivity contribution in [1.82, 2.24) is 0 Å². The van der Waals surface area contributed by atoms with Crippen LogP contribution in [0.15, 0.2) is 29.3 Å². The standard InChI is InChI=1S/C16H25N3S/c1-5-19(6-2)14-9-7-13(8-10-14)17-16-18-15(11-20-16)12(3)4/h7-10,12,15H,5-6,11H2,1-4H3,(H,17,18). The molecule has 1 unspecified atom stereocenters. The van der Waals surface area contributed by atoms with E-state index in [-0.39, 0.29) is 0 Å². The number of nitrogens with zero attached hydrogens (tertiary/aromatic N) is 2. The molecule has 1 atom stereocenters. The van der Waals surface area contributed by atoms with Crippen LogP contribution in [0.5, 0.6) is 0 Å². The van der Waals surface area contributed by atoms with Crippen LogP contribution in [0.25, 0.3) is 0 Å². The number of anilines is 2. The SMILES string of the molecule is CCN(CC)c1ccc(NC2=NC(C(C)C)CS2)cc1. The van der Waals surface area contributed by atoms with Gasteiger partial charge in [-0.05, 0) is 44.0 Å². The summed E-state index contributed by atoms with van der Waals surface area (Å²) < 4.78 is 0. The van der Waals surface area contributed by atoms with Gasteiger partial charge in [0, 0.05) is 30.2 Å². The maximum Gasteiger partial charge on any atom is 0.161 e. The van der Waals surface area contributed by atoms with E-state index in [0.29, 0.717) is 12.0 Å². The van der Waals surface area contributed by atoms with Gasteiger partial charge in [-0.1, -0.05) is 25.6 Å². The van der Waals surface area contributed by atoms with Crippen molar-refractivity contribution in [3.8, 4) is 0 Å². The molecule has 0 saturated heterocycles. The minimum absolute atomic E-state index is 0.456. The van der Waals surface area contributed by atoms with Crippen LogP contribution in [0.3, 0.4) is 0 Å². The van der Waals surface area contributed by atoms with E-state index in [1.165, 1.54) is 5.69 Å². The second-order valence-corrected chi connectivity index (χ2v) is 6.41. The van der Waals surface area contributed by atoms with Crippen molar-refractivity contribution in [1.29, 1.82) is 0 Å². The van der Waals surface area contributed by atoms with Gasteiger partial charge in [0.1, 0.15) is 0 Å². The highest BCUT2D eigenvalue weighted by atomic mass is 32.2. The second kappa shape index (κ2) is 7.02. The Morgan fingerprint density at radius 3 is 2.40 bits per heavy atom. The summed E-state index contributed by atoms with van der Waals surface area (Å²) in [6.07, 6.45) is 0. The van der Waals surface area contributed by atoms with E-state index in [0.717, 1.165) is 29.7 Å². The van der Waals surface area contributed by atoms with Crippen molar-refractivity contribution in [2.75, 3.05) is 29.1 Å². The average Bonchev–Trinajstić information content (AvgIpc) is 2.91. The molecule has 0 amide bonds. The normalized spacial score (nSPS) is 18.2. The van der Waals surface area contributed by atoms with Gasteiger partial charge in [-0.15, -0.1) is 0 Å². The smallest absolute Gasteiger partial charge is 0.161 e. The number of aliphatic imine (C=N–C) groups is 1. The molecule has 0 bridgehead atoms. The number of thioether (sulfide) groups is 1. The lowest BCUT2D eigenvalue weighted by Crippen LogP contribution is -2.21. The molecule has 0 fully saturated rings. The largest absolute Gasteiger partial charge is 0.372 e. The fraction of sp³-hybridized carbons (Fsp3) is 0.562. The Balaban J connectivity index is 1.99. The Labute approximate surface area is 126 Å². The summed E-state index contributed by atoms with van der Waals surface area (Å²) in [5, 5.41) is 4.48. The minimum Gasteiger partial charge on any atom is -0.372 e. The van der Waals surface area contributed by atoms with Crippen LogP contribution >= 0.6 is 11.8 Å². The molecule has 20 heavy (non-hydrogen) atoms. The Morgan fingerprint density at radius 2 is 1.90 bits per heavy atom. The summed E-state index contributed by atoms with van der Waals surface area (Å²) in [7, 11) is 0. The first-order chi connectivity index (χ1) is 9.63. The molecule has 0 saturated carbocycles.